The van der Waals surface area contributed by atoms with Crippen LogP contribution in [0.5, 0.6) is 0 Å². The average Bonchev–Trinajstić information content (AvgIpc) is 3.13. The van der Waals surface area contributed by atoms with E-state index in [1.807, 2.05) is 0 Å². The zero-order valence-electron chi connectivity index (χ0n) is 18.7. The molecule has 1 amide bonds. The van der Waals surface area contributed by atoms with Crippen LogP contribution in [-0.2, 0) is 9.53 Å². The van der Waals surface area contributed by atoms with Crippen LogP contribution in [0.25, 0.3) is 11.1 Å². The molecule has 0 aromatic heterocycles. The van der Waals surface area contributed by atoms with Gasteiger partial charge in [-0.1, -0.05) is 93.5 Å². The number of fused-ring (bicyclic) bond motifs is 3. The summed E-state index contributed by atoms with van der Waals surface area (Å²) in [5, 5.41) is 0. The summed E-state index contributed by atoms with van der Waals surface area (Å²) < 4.78 is 4.70. The normalized spacial score (nSPS) is 12.3. The van der Waals surface area contributed by atoms with Crippen molar-refractivity contribution in [1.29, 1.82) is 0 Å². The summed E-state index contributed by atoms with van der Waals surface area (Å²) in [5.41, 5.74) is 5.84. The van der Waals surface area contributed by atoms with Crippen molar-refractivity contribution >= 4 is 12.4 Å². The van der Waals surface area contributed by atoms with E-state index in [9.17, 15) is 9.59 Å². The highest BCUT2D eigenvalue weighted by molar-refractivity contribution is 5.78. The van der Waals surface area contributed by atoms with Crippen LogP contribution >= 0.6 is 0 Å². The number of nitrogens with zero attached hydrogens (tertiary/aromatic N) is 1. The molecule has 0 fully saturated rings. The maximum absolute atomic E-state index is 11.5. The summed E-state index contributed by atoms with van der Waals surface area (Å²) in [4.78, 5) is 23.7. The van der Waals surface area contributed by atoms with Crippen molar-refractivity contribution in [2.45, 2.75) is 63.7 Å². The summed E-state index contributed by atoms with van der Waals surface area (Å²) >= 11 is 0. The molecule has 0 unspecified atom stereocenters. The number of rotatable bonds is 13. The Balaban J connectivity index is 1.29. The molecule has 2 aromatic rings. The van der Waals surface area contributed by atoms with Crippen LogP contribution in [-0.4, -0.2) is 37.5 Å². The number of carbonyl (C=O) groups is 2. The number of carbonyl (C=O) groups excluding carboxylic acids is 2. The number of aldehydes is 1. The van der Waals surface area contributed by atoms with Gasteiger partial charge in [-0.15, -0.1) is 0 Å². The third-order valence-electron chi connectivity index (χ3n) is 6.36. The van der Waals surface area contributed by atoms with Crippen LogP contribution in [0.1, 0.15) is 74.8 Å². The second-order valence-corrected chi connectivity index (χ2v) is 8.43. The Hall–Kier alpha value is -2.62. The zero-order valence-corrected chi connectivity index (χ0v) is 18.7. The highest BCUT2D eigenvalue weighted by Gasteiger charge is 2.27. The van der Waals surface area contributed by atoms with Gasteiger partial charge in [0.2, 0.25) is 0 Å². The predicted molar refractivity (Wildman–Crippen MR) is 125 cm³/mol. The first-order valence-electron chi connectivity index (χ1n) is 11.7. The summed E-state index contributed by atoms with van der Waals surface area (Å²) in [5.74, 6) is 0.552. The van der Waals surface area contributed by atoms with E-state index in [1.54, 1.807) is 0 Å². The van der Waals surface area contributed by atoms with E-state index < -0.39 is 6.09 Å². The number of methoxy groups -OCH3 is 1. The van der Waals surface area contributed by atoms with Gasteiger partial charge in [0.15, 0.2) is 0 Å². The molecule has 0 atom stereocenters. The van der Waals surface area contributed by atoms with Gasteiger partial charge in [0.1, 0.15) is 6.29 Å². The Morgan fingerprint density at radius 1 is 0.839 bits per heavy atom. The number of hydrogen-bond donors (Lipinski definition) is 0. The molecule has 0 saturated carbocycles. The lowest BCUT2D eigenvalue weighted by atomic mass is 9.91. The lowest BCUT2D eigenvalue weighted by molar-refractivity contribution is -0.108. The van der Waals surface area contributed by atoms with Crippen molar-refractivity contribution in [2.24, 2.45) is 0 Å². The minimum absolute atomic E-state index is 0.114. The molecule has 4 nitrogen and oxygen atoms in total. The van der Waals surface area contributed by atoms with Crippen LogP contribution in [0, 0.1) is 0 Å². The summed E-state index contributed by atoms with van der Waals surface area (Å²) in [6, 6.07) is 17.8. The smallest absolute Gasteiger partial charge is 0.409 e. The summed E-state index contributed by atoms with van der Waals surface area (Å²) in [6.07, 6.45) is 11.1. The number of ether oxygens (including phenoxy) is 1. The van der Waals surface area contributed by atoms with E-state index in [0.29, 0.717) is 12.5 Å². The van der Waals surface area contributed by atoms with Gasteiger partial charge in [0.25, 0.3) is 0 Å². The van der Waals surface area contributed by atoms with Crippen molar-refractivity contribution in [1.82, 2.24) is 4.90 Å². The quantitative estimate of drug-likeness (QED) is 0.271. The Bertz CT molecular complexity index is 802. The largest absolute Gasteiger partial charge is 0.453 e. The maximum atomic E-state index is 11.5. The molecular weight excluding hydrogens is 386 g/mol. The second kappa shape index (κ2) is 12.3. The fourth-order valence-electron chi connectivity index (χ4n) is 4.76. The minimum Gasteiger partial charge on any atom is -0.453 e. The van der Waals surface area contributed by atoms with Crippen LogP contribution in [0.3, 0.4) is 0 Å². The highest BCUT2D eigenvalue weighted by atomic mass is 16.5. The van der Waals surface area contributed by atoms with Crippen molar-refractivity contribution in [3.63, 3.8) is 0 Å². The monoisotopic (exact) mass is 421 g/mol. The van der Waals surface area contributed by atoms with Gasteiger partial charge in [-0.05, 0) is 35.1 Å². The van der Waals surface area contributed by atoms with E-state index in [1.165, 1.54) is 79.2 Å². The molecule has 166 valence electrons. The minimum atomic E-state index is -0.417. The van der Waals surface area contributed by atoms with Gasteiger partial charge < -0.3 is 14.4 Å². The molecule has 1 aliphatic carbocycles. The fraction of sp³-hybridized carbons (Fsp3) is 0.481. The van der Waals surface area contributed by atoms with E-state index in [2.05, 4.69) is 48.5 Å². The SMILES string of the molecule is COC(=O)N(CC=O)CCCCCCCCCCC1c2ccccc2-c2ccccc21. The van der Waals surface area contributed by atoms with Crippen molar-refractivity contribution in [3.05, 3.63) is 59.7 Å². The number of amides is 1. The molecule has 0 saturated heterocycles. The zero-order chi connectivity index (χ0) is 21.9. The molecule has 3 rings (SSSR count). The molecule has 0 radical (unpaired) electrons. The van der Waals surface area contributed by atoms with Crippen LogP contribution in [0.2, 0.25) is 0 Å². The number of benzene rings is 2. The van der Waals surface area contributed by atoms with E-state index in [4.69, 9.17) is 4.74 Å². The number of unbranched alkanes of at least 4 members (excludes halogenated alkanes) is 7. The number of hydrogen-bond acceptors (Lipinski definition) is 3. The topological polar surface area (TPSA) is 46.6 Å². The third-order valence-corrected chi connectivity index (χ3v) is 6.36. The molecule has 2 aromatic carbocycles. The molecule has 4 heteroatoms. The molecule has 0 bridgehead atoms. The first kappa shape index (κ1) is 23.1. The standard InChI is InChI=1S/C27H35NO3/c1-31-27(30)28(20-21-29)19-13-7-5-3-2-4-6-8-14-22-23-15-9-11-17-25(23)26-18-12-10-16-24(22)26/h9-12,15-18,21-22H,2-8,13-14,19-20H2,1H3. The first-order valence-corrected chi connectivity index (χ1v) is 11.7. The third kappa shape index (κ3) is 6.19. The summed E-state index contributed by atoms with van der Waals surface area (Å²) in [6.45, 7) is 0.707. The Labute approximate surface area is 186 Å². The van der Waals surface area contributed by atoms with Gasteiger partial charge in [-0.3, -0.25) is 0 Å². The van der Waals surface area contributed by atoms with Gasteiger partial charge in [-0.25, -0.2) is 4.79 Å². The summed E-state index contributed by atoms with van der Waals surface area (Å²) in [7, 11) is 1.35. The molecule has 31 heavy (non-hydrogen) atoms. The van der Waals surface area contributed by atoms with E-state index in [0.717, 1.165) is 19.1 Å². The lowest BCUT2D eigenvalue weighted by Gasteiger charge is -2.18. The van der Waals surface area contributed by atoms with Gasteiger partial charge in [0.05, 0.1) is 13.7 Å². The maximum Gasteiger partial charge on any atom is 0.409 e. The van der Waals surface area contributed by atoms with Crippen LogP contribution in [0.15, 0.2) is 48.5 Å². The van der Waals surface area contributed by atoms with Crippen LogP contribution < -0.4 is 0 Å². The molecule has 0 aliphatic heterocycles. The molecule has 0 N–H and O–H groups in total. The van der Waals surface area contributed by atoms with Crippen molar-refractivity contribution in [2.75, 3.05) is 20.2 Å². The van der Waals surface area contributed by atoms with Gasteiger partial charge in [0, 0.05) is 12.5 Å². The van der Waals surface area contributed by atoms with E-state index >= 15 is 0 Å². The predicted octanol–water partition coefficient (Wildman–Crippen LogP) is 6.58. The first-order chi connectivity index (χ1) is 15.3. The molecule has 0 spiro atoms. The molecule has 1 aliphatic rings. The second-order valence-electron chi connectivity index (χ2n) is 8.43. The Morgan fingerprint density at radius 3 is 1.90 bits per heavy atom. The van der Waals surface area contributed by atoms with Gasteiger partial charge >= 0.3 is 6.09 Å². The van der Waals surface area contributed by atoms with Gasteiger partial charge in [-0.2, -0.15) is 0 Å². The van der Waals surface area contributed by atoms with Crippen molar-refractivity contribution in [3.8, 4) is 11.1 Å². The average molecular weight is 422 g/mol. The Morgan fingerprint density at radius 2 is 1.35 bits per heavy atom. The van der Waals surface area contributed by atoms with E-state index in [-0.39, 0.29) is 6.54 Å². The molecule has 0 heterocycles. The fourth-order valence-corrected chi connectivity index (χ4v) is 4.76. The molecular formula is C27H35NO3. The van der Waals surface area contributed by atoms with Crippen molar-refractivity contribution < 1.29 is 14.3 Å². The Kier molecular flexibility index (Phi) is 9.14. The van der Waals surface area contributed by atoms with Crippen LogP contribution in [0.4, 0.5) is 4.79 Å². The highest BCUT2D eigenvalue weighted by Crippen LogP contribution is 2.46. The lowest BCUT2D eigenvalue weighted by Crippen LogP contribution is -2.33.